The van der Waals surface area contributed by atoms with E-state index in [1.54, 1.807) is 25.1 Å². The third kappa shape index (κ3) is 4.57. The van der Waals surface area contributed by atoms with Crippen LogP contribution in [-0.2, 0) is 19.4 Å². The highest BCUT2D eigenvalue weighted by Gasteiger charge is 2.54. The number of carbonyl (C=O) groups excluding carboxylic acids is 2. The summed E-state index contributed by atoms with van der Waals surface area (Å²) in [6.07, 6.45) is 3.78. The third-order valence-electron chi connectivity index (χ3n) is 6.06. The summed E-state index contributed by atoms with van der Waals surface area (Å²) in [5.41, 5.74) is 2.13. The second-order valence-corrected chi connectivity index (χ2v) is 11.5. The Balaban J connectivity index is 1.86. The van der Waals surface area contributed by atoms with Gasteiger partial charge in [0.25, 0.3) is 0 Å². The molecule has 2 aromatic rings. The van der Waals surface area contributed by atoms with E-state index in [4.69, 9.17) is 0 Å². The highest BCUT2D eigenvalue weighted by atomic mass is 32.2. The van der Waals surface area contributed by atoms with Gasteiger partial charge in [0.15, 0.2) is 14.6 Å². The number of hydrogen-bond acceptors (Lipinski definition) is 5. The number of benzene rings is 2. The topological polar surface area (TPSA) is 83.6 Å². The maximum absolute atomic E-state index is 13.8. The first-order chi connectivity index (χ1) is 15.1. The van der Waals surface area contributed by atoms with Gasteiger partial charge >= 0.3 is 0 Å². The molecule has 0 bridgehead atoms. The first-order valence-corrected chi connectivity index (χ1v) is 13.3. The van der Waals surface area contributed by atoms with Gasteiger partial charge in [-0.05, 0) is 62.3 Å². The van der Waals surface area contributed by atoms with Crippen LogP contribution in [0.3, 0.4) is 0 Å². The number of nitrogens with zero attached hydrogens (tertiary/aromatic N) is 1. The summed E-state index contributed by atoms with van der Waals surface area (Å²) in [5.74, 6) is -0.871. The van der Waals surface area contributed by atoms with Gasteiger partial charge in [0.05, 0.1) is 17.1 Å². The van der Waals surface area contributed by atoms with E-state index in [2.05, 4.69) is 5.32 Å². The highest BCUT2D eigenvalue weighted by molar-refractivity contribution is 7.98. The number of hydrogen-bond donors (Lipinski definition) is 1. The molecule has 0 heterocycles. The van der Waals surface area contributed by atoms with Crippen molar-refractivity contribution in [3.63, 3.8) is 0 Å². The standard InChI is InChI=1S/C24H30N2O4S2/c1-17-11-12-18(2)21(15-17)32(29,30)24(13-7-8-14-24)23(28)26(3)16-22(27)25-19-9-5-6-10-20(19)31-4/h5-6,9-12,15H,7-8,13-14,16H2,1-4H3,(H,25,27). The lowest BCUT2D eigenvalue weighted by atomic mass is 10.1. The van der Waals surface area contributed by atoms with Crippen molar-refractivity contribution in [2.24, 2.45) is 0 Å². The summed E-state index contributed by atoms with van der Waals surface area (Å²) in [4.78, 5) is 28.6. The summed E-state index contributed by atoms with van der Waals surface area (Å²) < 4.78 is 26.0. The number of carbonyl (C=O) groups is 2. The van der Waals surface area contributed by atoms with Crippen LogP contribution in [-0.4, -0.2) is 49.7 Å². The number of aryl methyl sites for hydroxylation is 2. The zero-order valence-electron chi connectivity index (χ0n) is 19.0. The highest BCUT2D eigenvalue weighted by Crippen LogP contribution is 2.42. The molecule has 8 heteroatoms. The number of rotatable bonds is 7. The molecule has 6 nitrogen and oxygen atoms in total. The van der Waals surface area contributed by atoms with E-state index < -0.39 is 20.5 Å². The molecule has 0 radical (unpaired) electrons. The van der Waals surface area contributed by atoms with Gasteiger partial charge < -0.3 is 10.2 Å². The molecule has 0 spiro atoms. The van der Waals surface area contributed by atoms with Crippen molar-refractivity contribution in [1.29, 1.82) is 0 Å². The summed E-state index contributed by atoms with van der Waals surface area (Å²) in [7, 11) is -2.43. The molecule has 0 unspecified atom stereocenters. The van der Waals surface area contributed by atoms with Crippen LogP contribution in [0, 0.1) is 13.8 Å². The molecule has 2 amide bonds. The van der Waals surface area contributed by atoms with Gasteiger partial charge in [-0.3, -0.25) is 9.59 Å². The van der Waals surface area contributed by atoms with Crippen molar-refractivity contribution in [2.45, 2.75) is 54.1 Å². The number of likely N-dealkylation sites (N-methyl/N-ethyl adjacent to an activating group) is 1. The molecule has 1 N–H and O–H groups in total. The van der Waals surface area contributed by atoms with Crippen LogP contribution in [0.25, 0.3) is 0 Å². The van der Waals surface area contributed by atoms with Crippen LogP contribution in [0.15, 0.2) is 52.3 Å². The summed E-state index contributed by atoms with van der Waals surface area (Å²) in [5, 5.41) is 2.83. The minimum absolute atomic E-state index is 0.208. The lowest BCUT2D eigenvalue weighted by molar-refractivity contribution is -0.135. The fraction of sp³-hybridized carbons (Fsp3) is 0.417. The van der Waals surface area contributed by atoms with Gasteiger partial charge in [-0.1, -0.05) is 37.1 Å². The average molecular weight is 475 g/mol. The molecule has 1 aliphatic rings. The van der Waals surface area contributed by atoms with E-state index in [0.717, 1.165) is 10.5 Å². The first-order valence-electron chi connectivity index (χ1n) is 10.6. The van der Waals surface area contributed by atoms with Gasteiger partial charge in [0, 0.05) is 11.9 Å². The Morgan fingerprint density at radius 2 is 1.75 bits per heavy atom. The Hall–Kier alpha value is -2.32. The minimum atomic E-state index is -3.93. The van der Waals surface area contributed by atoms with E-state index in [0.29, 0.717) is 24.1 Å². The van der Waals surface area contributed by atoms with Crippen LogP contribution in [0.2, 0.25) is 0 Å². The molecule has 1 fully saturated rings. The Bertz CT molecular complexity index is 1120. The third-order valence-corrected chi connectivity index (χ3v) is 9.48. The van der Waals surface area contributed by atoms with E-state index in [-0.39, 0.29) is 30.2 Å². The molecule has 3 rings (SSSR count). The van der Waals surface area contributed by atoms with Gasteiger partial charge in [-0.25, -0.2) is 8.42 Å². The van der Waals surface area contributed by atoms with E-state index >= 15 is 0 Å². The fourth-order valence-corrected chi connectivity index (χ4v) is 7.34. The minimum Gasteiger partial charge on any atom is -0.335 e. The number of para-hydroxylation sites is 1. The average Bonchev–Trinajstić information content (AvgIpc) is 3.27. The van der Waals surface area contributed by atoms with Crippen molar-refractivity contribution in [3.8, 4) is 0 Å². The maximum Gasteiger partial charge on any atom is 0.244 e. The number of sulfone groups is 1. The molecule has 0 atom stereocenters. The quantitative estimate of drug-likeness (QED) is 0.608. The summed E-state index contributed by atoms with van der Waals surface area (Å²) >= 11 is 1.51. The Labute approximate surface area is 194 Å². The monoisotopic (exact) mass is 474 g/mol. The van der Waals surface area contributed by atoms with Crippen LogP contribution >= 0.6 is 11.8 Å². The molecule has 1 aliphatic carbocycles. The molecule has 2 aromatic carbocycles. The van der Waals surface area contributed by atoms with Crippen LogP contribution < -0.4 is 5.32 Å². The lowest BCUT2D eigenvalue weighted by Gasteiger charge is -2.32. The second kappa shape index (κ2) is 9.67. The van der Waals surface area contributed by atoms with Gasteiger partial charge in [0.1, 0.15) is 0 Å². The zero-order valence-corrected chi connectivity index (χ0v) is 20.6. The first kappa shape index (κ1) is 24.3. The number of amides is 2. The smallest absolute Gasteiger partial charge is 0.244 e. The second-order valence-electron chi connectivity index (χ2n) is 8.38. The summed E-state index contributed by atoms with van der Waals surface area (Å²) in [6.45, 7) is 3.37. The normalized spacial score (nSPS) is 15.4. The van der Waals surface area contributed by atoms with Gasteiger partial charge in [0.2, 0.25) is 11.8 Å². The predicted octanol–water partition coefficient (Wildman–Crippen LogP) is 4.21. The van der Waals surface area contributed by atoms with Crippen molar-refractivity contribution < 1.29 is 18.0 Å². The molecular weight excluding hydrogens is 444 g/mol. The zero-order chi connectivity index (χ0) is 23.5. The molecule has 32 heavy (non-hydrogen) atoms. The van der Waals surface area contributed by atoms with Crippen LogP contribution in [0.4, 0.5) is 5.69 Å². The molecule has 0 saturated heterocycles. The lowest BCUT2D eigenvalue weighted by Crippen LogP contribution is -2.52. The van der Waals surface area contributed by atoms with Crippen LogP contribution in [0.1, 0.15) is 36.8 Å². The Morgan fingerprint density at radius 3 is 2.41 bits per heavy atom. The SMILES string of the molecule is CSc1ccccc1NC(=O)CN(C)C(=O)C1(S(=O)(=O)c2cc(C)ccc2C)CCCC1. The molecule has 1 saturated carbocycles. The van der Waals surface area contributed by atoms with Crippen molar-refractivity contribution in [1.82, 2.24) is 4.90 Å². The van der Waals surface area contributed by atoms with E-state index in [1.807, 2.05) is 37.4 Å². The van der Waals surface area contributed by atoms with Crippen LogP contribution in [0.5, 0.6) is 0 Å². The number of anilines is 1. The molecule has 172 valence electrons. The van der Waals surface area contributed by atoms with Crippen molar-refractivity contribution in [2.75, 3.05) is 25.2 Å². The molecule has 0 aromatic heterocycles. The molecular formula is C24H30N2O4S2. The summed E-state index contributed by atoms with van der Waals surface area (Å²) in [6, 6.07) is 12.7. The van der Waals surface area contributed by atoms with Gasteiger partial charge in [-0.2, -0.15) is 0 Å². The Kier molecular flexibility index (Phi) is 7.35. The van der Waals surface area contributed by atoms with E-state index in [1.165, 1.54) is 23.7 Å². The number of thioether (sulfide) groups is 1. The van der Waals surface area contributed by atoms with E-state index in [9.17, 15) is 18.0 Å². The largest absolute Gasteiger partial charge is 0.335 e. The number of nitrogens with one attached hydrogen (secondary N) is 1. The van der Waals surface area contributed by atoms with Crippen molar-refractivity contribution >= 4 is 39.1 Å². The molecule has 0 aliphatic heterocycles. The van der Waals surface area contributed by atoms with Crippen molar-refractivity contribution in [3.05, 3.63) is 53.6 Å². The fourth-order valence-electron chi connectivity index (χ4n) is 4.32. The maximum atomic E-state index is 13.8. The van der Waals surface area contributed by atoms with Gasteiger partial charge in [-0.15, -0.1) is 11.8 Å². The predicted molar refractivity (Wildman–Crippen MR) is 129 cm³/mol. The Morgan fingerprint density at radius 1 is 1.09 bits per heavy atom.